The Labute approximate surface area is 154 Å². The van der Waals surface area contributed by atoms with E-state index in [-0.39, 0.29) is 5.69 Å². The molecule has 1 atom stereocenters. The predicted octanol–water partition coefficient (Wildman–Crippen LogP) is 3.55. The Morgan fingerprint density at radius 3 is 2.56 bits per heavy atom. The molecule has 134 valence electrons. The molecular formula is C18H21BrN2O4. The molecule has 2 rings (SSSR count). The summed E-state index contributed by atoms with van der Waals surface area (Å²) in [5, 5.41) is 12.4. The number of benzene rings is 1. The van der Waals surface area contributed by atoms with E-state index in [2.05, 4.69) is 26.2 Å². The predicted molar refractivity (Wildman–Crippen MR) is 98.7 cm³/mol. The highest BCUT2D eigenvalue weighted by Gasteiger charge is 2.21. The first-order chi connectivity index (χ1) is 11.7. The van der Waals surface area contributed by atoms with Crippen LogP contribution in [0.25, 0.3) is 0 Å². The number of aromatic nitrogens is 1. The summed E-state index contributed by atoms with van der Waals surface area (Å²) in [6.07, 6.45) is -0.693. The van der Waals surface area contributed by atoms with E-state index < -0.39 is 24.6 Å². The van der Waals surface area contributed by atoms with Gasteiger partial charge in [0, 0.05) is 21.4 Å². The third-order valence-corrected chi connectivity index (χ3v) is 4.76. The second kappa shape index (κ2) is 7.84. The van der Waals surface area contributed by atoms with Gasteiger partial charge < -0.3 is 20.1 Å². The number of aromatic amines is 1. The Balaban J connectivity index is 1.99. The number of hydrogen-bond donors (Lipinski definition) is 3. The number of rotatable bonds is 5. The Bertz CT molecular complexity index is 812. The Kier molecular flexibility index (Phi) is 6.02. The third-order valence-electron chi connectivity index (χ3n) is 3.91. The average molecular weight is 409 g/mol. The van der Waals surface area contributed by atoms with Crippen LogP contribution in [0, 0.1) is 20.8 Å². The van der Waals surface area contributed by atoms with E-state index in [4.69, 9.17) is 4.74 Å². The molecule has 6 nitrogen and oxygen atoms in total. The fraction of sp³-hybridized carbons (Fsp3) is 0.333. The lowest BCUT2D eigenvalue weighted by atomic mass is 10.1. The molecule has 1 aromatic heterocycles. The molecule has 0 saturated heterocycles. The Morgan fingerprint density at radius 1 is 1.32 bits per heavy atom. The molecule has 1 amide bonds. The summed E-state index contributed by atoms with van der Waals surface area (Å²) < 4.78 is 5.95. The number of esters is 1. The summed E-state index contributed by atoms with van der Waals surface area (Å²) in [5.41, 5.74) is 3.91. The first-order valence-corrected chi connectivity index (χ1v) is 8.60. The smallest absolute Gasteiger partial charge is 0.355 e. The van der Waals surface area contributed by atoms with Crippen LogP contribution < -0.4 is 5.32 Å². The van der Waals surface area contributed by atoms with E-state index in [9.17, 15) is 14.7 Å². The molecule has 2 aromatic rings. The van der Waals surface area contributed by atoms with Crippen molar-refractivity contribution in [1.29, 1.82) is 0 Å². The van der Waals surface area contributed by atoms with Crippen molar-refractivity contribution >= 4 is 33.5 Å². The quantitative estimate of drug-likeness (QED) is 0.659. The molecule has 0 aliphatic carbocycles. The van der Waals surface area contributed by atoms with Crippen molar-refractivity contribution in [2.45, 2.75) is 33.8 Å². The molecule has 0 unspecified atom stereocenters. The molecule has 0 saturated carbocycles. The summed E-state index contributed by atoms with van der Waals surface area (Å²) in [6, 6.07) is 5.42. The Morgan fingerprint density at radius 2 is 2.00 bits per heavy atom. The van der Waals surface area contributed by atoms with Crippen LogP contribution in [0.15, 0.2) is 22.7 Å². The number of aryl methyl sites for hydroxylation is 2. The van der Waals surface area contributed by atoms with Gasteiger partial charge in [0.2, 0.25) is 0 Å². The van der Waals surface area contributed by atoms with Gasteiger partial charge in [-0.25, -0.2) is 4.79 Å². The van der Waals surface area contributed by atoms with Crippen LogP contribution in [0.3, 0.4) is 0 Å². The number of amides is 1. The summed E-state index contributed by atoms with van der Waals surface area (Å²) in [6.45, 7) is 6.68. The number of hydrogen-bond acceptors (Lipinski definition) is 4. The van der Waals surface area contributed by atoms with Crippen molar-refractivity contribution in [1.82, 2.24) is 4.98 Å². The molecule has 0 fully saturated rings. The summed E-state index contributed by atoms with van der Waals surface area (Å²) in [4.78, 5) is 27.1. The van der Waals surface area contributed by atoms with E-state index in [1.807, 2.05) is 13.0 Å². The highest BCUT2D eigenvalue weighted by atomic mass is 79.9. The van der Waals surface area contributed by atoms with Gasteiger partial charge in [0.05, 0.1) is 6.10 Å². The highest BCUT2D eigenvalue weighted by Crippen LogP contribution is 2.25. The van der Waals surface area contributed by atoms with Crippen LogP contribution in [0.4, 0.5) is 5.69 Å². The number of aliphatic hydroxyl groups excluding tert-OH is 1. The topological polar surface area (TPSA) is 91.4 Å². The number of halogens is 1. The average Bonchev–Trinajstić information content (AvgIpc) is 2.83. The van der Waals surface area contributed by atoms with Gasteiger partial charge >= 0.3 is 5.97 Å². The lowest BCUT2D eigenvalue weighted by Crippen LogP contribution is -2.21. The lowest BCUT2D eigenvalue weighted by molar-refractivity contribution is -0.119. The van der Waals surface area contributed by atoms with Crippen LogP contribution >= 0.6 is 15.9 Å². The fourth-order valence-electron chi connectivity index (χ4n) is 2.67. The highest BCUT2D eigenvalue weighted by molar-refractivity contribution is 9.10. The summed E-state index contributed by atoms with van der Waals surface area (Å²) in [7, 11) is 0. The number of carbonyl (C=O) groups is 2. The minimum atomic E-state index is -0.693. The first-order valence-electron chi connectivity index (χ1n) is 7.81. The third kappa shape index (κ3) is 4.49. The van der Waals surface area contributed by atoms with Crippen molar-refractivity contribution in [3.05, 3.63) is 50.8 Å². The summed E-state index contributed by atoms with van der Waals surface area (Å²) >= 11 is 3.40. The lowest BCUT2D eigenvalue weighted by Gasteiger charge is -2.08. The van der Waals surface area contributed by atoms with Crippen molar-refractivity contribution < 1.29 is 19.4 Å². The fourth-order valence-corrected chi connectivity index (χ4v) is 3.05. The summed E-state index contributed by atoms with van der Waals surface area (Å²) in [5.74, 6) is -1.06. The van der Waals surface area contributed by atoms with Crippen molar-refractivity contribution in [3.8, 4) is 0 Å². The van der Waals surface area contributed by atoms with Crippen LogP contribution in [0.5, 0.6) is 0 Å². The molecule has 0 aliphatic heterocycles. The van der Waals surface area contributed by atoms with Crippen LogP contribution in [-0.2, 0) is 9.53 Å². The van der Waals surface area contributed by atoms with E-state index in [0.29, 0.717) is 22.5 Å². The SMILES string of the molecule is Cc1ccc(NC(=O)COC(=O)c2[nH]c(C)c([C@@H](C)O)c2C)cc1Br. The molecule has 0 bridgehead atoms. The molecule has 1 aromatic carbocycles. The van der Waals surface area contributed by atoms with Gasteiger partial charge in [-0.1, -0.05) is 22.0 Å². The molecular weight excluding hydrogens is 388 g/mol. The molecule has 0 spiro atoms. The maximum absolute atomic E-state index is 12.2. The van der Waals surface area contributed by atoms with Crippen molar-refractivity contribution in [2.75, 3.05) is 11.9 Å². The zero-order valence-electron chi connectivity index (χ0n) is 14.6. The van der Waals surface area contributed by atoms with Gasteiger partial charge in [0.1, 0.15) is 5.69 Å². The van der Waals surface area contributed by atoms with E-state index in [1.54, 1.807) is 32.9 Å². The van der Waals surface area contributed by atoms with Gasteiger partial charge in [-0.15, -0.1) is 0 Å². The zero-order valence-corrected chi connectivity index (χ0v) is 16.2. The number of nitrogens with one attached hydrogen (secondary N) is 2. The maximum Gasteiger partial charge on any atom is 0.355 e. The van der Waals surface area contributed by atoms with Gasteiger partial charge in [0.25, 0.3) is 5.91 Å². The number of ether oxygens (including phenoxy) is 1. The standard InChI is InChI=1S/C18H21BrN2O4/c1-9-5-6-13(7-14(9)19)21-15(23)8-25-18(24)17-10(2)16(12(4)22)11(3)20-17/h5-7,12,20,22H,8H2,1-4H3,(H,21,23)/t12-/m1/s1. The molecule has 1 heterocycles. The number of H-pyrrole nitrogens is 1. The number of carbonyl (C=O) groups excluding carboxylic acids is 2. The van der Waals surface area contributed by atoms with Gasteiger partial charge in [0.15, 0.2) is 6.61 Å². The largest absolute Gasteiger partial charge is 0.451 e. The second-order valence-corrected chi connectivity index (χ2v) is 6.78. The minimum absolute atomic E-state index is 0.249. The molecule has 3 N–H and O–H groups in total. The van der Waals surface area contributed by atoms with Crippen LogP contribution in [-0.4, -0.2) is 28.6 Å². The second-order valence-electron chi connectivity index (χ2n) is 5.93. The Hall–Kier alpha value is -2.12. The van der Waals surface area contributed by atoms with Gasteiger partial charge in [-0.3, -0.25) is 4.79 Å². The van der Waals surface area contributed by atoms with Crippen LogP contribution in [0.1, 0.15) is 45.9 Å². The minimum Gasteiger partial charge on any atom is -0.451 e. The van der Waals surface area contributed by atoms with E-state index in [1.165, 1.54) is 0 Å². The number of aliphatic hydroxyl groups is 1. The first kappa shape index (κ1) is 19.2. The van der Waals surface area contributed by atoms with E-state index in [0.717, 1.165) is 10.0 Å². The monoisotopic (exact) mass is 408 g/mol. The maximum atomic E-state index is 12.2. The van der Waals surface area contributed by atoms with Crippen molar-refractivity contribution in [3.63, 3.8) is 0 Å². The number of anilines is 1. The molecule has 7 heteroatoms. The molecule has 0 radical (unpaired) electrons. The van der Waals surface area contributed by atoms with E-state index >= 15 is 0 Å². The normalized spacial score (nSPS) is 11.9. The van der Waals surface area contributed by atoms with Crippen LogP contribution in [0.2, 0.25) is 0 Å². The molecule has 0 aliphatic rings. The van der Waals surface area contributed by atoms with Gasteiger partial charge in [-0.05, 0) is 51.0 Å². The van der Waals surface area contributed by atoms with Gasteiger partial charge in [-0.2, -0.15) is 0 Å². The molecule has 25 heavy (non-hydrogen) atoms. The zero-order chi connectivity index (χ0) is 18.7. The van der Waals surface area contributed by atoms with Crippen molar-refractivity contribution in [2.24, 2.45) is 0 Å².